The van der Waals surface area contributed by atoms with Crippen molar-refractivity contribution >= 4 is 5.91 Å². The highest BCUT2D eigenvalue weighted by Crippen LogP contribution is 2.18. The van der Waals surface area contributed by atoms with Crippen LogP contribution < -0.4 is 0 Å². The topological polar surface area (TPSA) is 91.1 Å². The molecule has 0 spiro atoms. The third-order valence-electron chi connectivity index (χ3n) is 5.09. The molecule has 1 aromatic heterocycles. The fraction of sp³-hybridized carbons (Fsp3) is 0.765. The van der Waals surface area contributed by atoms with E-state index in [1.807, 2.05) is 11.0 Å². The van der Waals surface area contributed by atoms with Crippen LogP contribution in [-0.4, -0.2) is 93.3 Å². The summed E-state index contributed by atoms with van der Waals surface area (Å²) in [5, 5.41) is 24.3. The molecule has 2 fully saturated rings. The predicted molar refractivity (Wildman–Crippen MR) is 91.3 cm³/mol. The van der Waals surface area contributed by atoms with E-state index in [4.69, 9.17) is 4.74 Å². The summed E-state index contributed by atoms with van der Waals surface area (Å²) in [7, 11) is 1.81. The molecule has 8 heteroatoms. The van der Waals surface area contributed by atoms with Crippen molar-refractivity contribution in [1.29, 1.82) is 0 Å². The van der Waals surface area contributed by atoms with Crippen molar-refractivity contribution in [3.63, 3.8) is 0 Å². The Balaban J connectivity index is 1.59. The van der Waals surface area contributed by atoms with Gasteiger partial charge in [-0.05, 0) is 12.5 Å². The number of aliphatic hydroxyl groups excluding tert-OH is 2. The molecule has 3 atom stereocenters. The molecule has 3 rings (SSSR count). The van der Waals surface area contributed by atoms with Gasteiger partial charge in [0.25, 0.3) is 5.91 Å². The van der Waals surface area contributed by atoms with Crippen LogP contribution in [0, 0.1) is 0 Å². The number of aryl methyl sites for hydroxylation is 2. The SMILES string of the molecule is CCCc1cc(C(=O)N2CCN([C@@H]3COC[C@@H](O)[C@H]3O)CC2)n(C)n1. The number of piperazine rings is 1. The largest absolute Gasteiger partial charge is 0.389 e. The molecule has 1 amide bonds. The molecule has 0 saturated carbocycles. The zero-order valence-electron chi connectivity index (χ0n) is 15.0. The Bertz CT molecular complexity index is 597. The lowest BCUT2D eigenvalue weighted by Gasteiger charge is -2.43. The first-order valence-corrected chi connectivity index (χ1v) is 9.01. The average molecular weight is 352 g/mol. The number of aromatic nitrogens is 2. The summed E-state index contributed by atoms with van der Waals surface area (Å²) < 4.78 is 7.02. The van der Waals surface area contributed by atoms with Crippen LogP contribution in [0.5, 0.6) is 0 Å². The van der Waals surface area contributed by atoms with Crippen LogP contribution in [0.25, 0.3) is 0 Å². The van der Waals surface area contributed by atoms with Gasteiger partial charge in [0.2, 0.25) is 0 Å². The highest BCUT2D eigenvalue weighted by atomic mass is 16.5. The number of carbonyl (C=O) groups excluding carboxylic acids is 1. The van der Waals surface area contributed by atoms with Gasteiger partial charge in [-0.1, -0.05) is 13.3 Å². The lowest BCUT2D eigenvalue weighted by Crippen LogP contribution is -2.60. The maximum absolute atomic E-state index is 12.8. The van der Waals surface area contributed by atoms with E-state index in [-0.39, 0.29) is 18.6 Å². The normalized spacial score (nSPS) is 28.3. The van der Waals surface area contributed by atoms with Gasteiger partial charge in [0, 0.05) is 33.2 Å². The molecule has 0 unspecified atom stereocenters. The van der Waals surface area contributed by atoms with Crippen LogP contribution in [0.3, 0.4) is 0 Å². The minimum Gasteiger partial charge on any atom is -0.389 e. The monoisotopic (exact) mass is 352 g/mol. The second-order valence-electron chi connectivity index (χ2n) is 6.89. The van der Waals surface area contributed by atoms with Gasteiger partial charge in [-0.25, -0.2) is 0 Å². The van der Waals surface area contributed by atoms with Crippen molar-refractivity contribution < 1.29 is 19.7 Å². The molecule has 2 N–H and O–H groups in total. The summed E-state index contributed by atoms with van der Waals surface area (Å²) in [4.78, 5) is 16.7. The lowest BCUT2D eigenvalue weighted by molar-refractivity contribution is -0.136. The third-order valence-corrected chi connectivity index (χ3v) is 5.09. The number of nitrogens with zero attached hydrogens (tertiary/aromatic N) is 4. The molecular weight excluding hydrogens is 324 g/mol. The summed E-state index contributed by atoms with van der Waals surface area (Å²) >= 11 is 0. The van der Waals surface area contributed by atoms with E-state index in [2.05, 4.69) is 16.9 Å². The Kier molecular flexibility index (Phi) is 5.73. The first-order valence-electron chi connectivity index (χ1n) is 9.01. The fourth-order valence-electron chi connectivity index (χ4n) is 3.61. The highest BCUT2D eigenvalue weighted by molar-refractivity contribution is 5.92. The Morgan fingerprint density at radius 1 is 1.28 bits per heavy atom. The standard InChI is InChI=1S/C17H28N4O4/c1-3-4-12-9-13(19(2)18-12)17(24)21-7-5-20(6-8-21)14-10-25-11-15(22)16(14)23/h9,14-16,22-23H,3-8,10-11H2,1-2H3/t14-,15-,16+/m1/s1. The predicted octanol–water partition coefficient (Wildman–Crippen LogP) is -0.749. The van der Waals surface area contributed by atoms with Gasteiger partial charge in [-0.3, -0.25) is 14.4 Å². The Morgan fingerprint density at radius 2 is 2.00 bits per heavy atom. The maximum Gasteiger partial charge on any atom is 0.272 e. The summed E-state index contributed by atoms with van der Waals surface area (Å²) in [6, 6.07) is 1.67. The quantitative estimate of drug-likeness (QED) is 0.741. The number of amides is 1. The third kappa shape index (κ3) is 3.87. The molecule has 1 aromatic rings. The van der Waals surface area contributed by atoms with E-state index in [1.165, 1.54) is 0 Å². The molecule has 0 bridgehead atoms. The zero-order valence-corrected chi connectivity index (χ0v) is 15.0. The molecule has 140 valence electrons. The van der Waals surface area contributed by atoms with Crippen molar-refractivity contribution in [2.24, 2.45) is 7.05 Å². The molecule has 0 aliphatic carbocycles. The second-order valence-corrected chi connectivity index (χ2v) is 6.89. The first-order chi connectivity index (χ1) is 12.0. The zero-order chi connectivity index (χ0) is 18.0. The van der Waals surface area contributed by atoms with Gasteiger partial charge in [-0.2, -0.15) is 5.10 Å². The van der Waals surface area contributed by atoms with Gasteiger partial charge in [0.15, 0.2) is 0 Å². The number of aliphatic hydroxyl groups is 2. The van der Waals surface area contributed by atoms with Crippen molar-refractivity contribution in [3.05, 3.63) is 17.5 Å². The van der Waals surface area contributed by atoms with Crippen molar-refractivity contribution in [2.45, 2.75) is 38.0 Å². The minimum absolute atomic E-state index is 0.00233. The minimum atomic E-state index is -0.843. The second kappa shape index (κ2) is 7.82. The van der Waals surface area contributed by atoms with E-state index >= 15 is 0 Å². The maximum atomic E-state index is 12.8. The first kappa shape index (κ1) is 18.3. The number of hydrogen-bond acceptors (Lipinski definition) is 6. The fourth-order valence-corrected chi connectivity index (χ4v) is 3.61. The van der Waals surface area contributed by atoms with Crippen LogP contribution in [0.2, 0.25) is 0 Å². The van der Waals surface area contributed by atoms with Crippen molar-refractivity contribution in [1.82, 2.24) is 19.6 Å². The molecule has 3 heterocycles. The summed E-state index contributed by atoms with van der Waals surface area (Å²) in [5.41, 5.74) is 1.57. The molecular formula is C17H28N4O4. The van der Waals surface area contributed by atoms with Gasteiger partial charge >= 0.3 is 0 Å². The number of hydrogen-bond donors (Lipinski definition) is 2. The van der Waals surface area contributed by atoms with Crippen molar-refractivity contribution in [3.8, 4) is 0 Å². The Hall–Kier alpha value is -1.48. The molecule has 0 radical (unpaired) electrons. The molecule has 2 aliphatic heterocycles. The number of rotatable bonds is 4. The van der Waals surface area contributed by atoms with Gasteiger partial charge in [-0.15, -0.1) is 0 Å². The van der Waals surface area contributed by atoms with Crippen LogP contribution in [0.15, 0.2) is 6.07 Å². The van der Waals surface area contributed by atoms with Crippen LogP contribution in [-0.2, 0) is 18.2 Å². The van der Waals surface area contributed by atoms with E-state index < -0.39 is 12.2 Å². The van der Waals surface area contributed by atoms with E-state index in [1.54, 1.807) is 11.7 Å². The van der Waals surface area contributed by atoms with Crippen LogP contribution in [0.4, 0.5) is 0 Å². The van der Waals surface area contributed by atoms with E-state index in [0.717, 1.165) is 18.5 Å². The lowest BCUT2D eigenvalue weighted by atomic mass is 10.0. The van der Waals surface area contributed by atoms with Crippen LogP contribution in [0.1, 0.15) is 29.5 Å². The number of carbonyl (C=O) groups is 1. The molecule has 2 saturated heterocycles. The van der Waals surface area contributed by atoms with Gasteiger partial charge < -0.3 is 19.8 Å². The summed E-state index contributed by atoms with van der Waals surface area (Å²) in [5.74, 6) is -0.00233. The molecule has 0 aromatic carbocycles. The summed E-state index contributed by atoms with van der Waals surface area (Å²) in [6.45, 7) is 5.17. The van der Waals surface area contributed by atoms with Crippen LogP contribution >= 0.6 is 0 Å². The number of ether oxygens (including phenoxy) is 1. The van der Waals surface area contributed by atoms with Crippen molar-refractivity contribution in [2.75, 3.05) is 39.4 Å². The Labute approximate surface area is 148 Å². The van der Waals surface area contributed by atoms with Gasteiger partial charge in [0.1, 0.15) is 11.8 Å². The van der Waals surface area contributed by atoms with Gasteiger partial charge in [0.05, 0.1) is 31.1 Å². The molecule has 2 aliphatic rings. The van der Waals surface area contributed by atoms with E-state index in [9.17, 15) is 15.0 Å². The average Bonchev–Trinajstić information content (AvgIpc) is 2.98. The molecule has 8 nitrogen and oxygen atoms in total. The smallest absolute Gasteiger partial charge is 0.272 e. The molecule has 25 heavy (non-hydrogen) atoms. The Morgan fingerprint density at radius 3 is 2.68 bits per heavy atom. The highest BCUT2D eigenvalue weighted by Gasteiger charge is 2.37. The van der Waals surface area contributed by atoms with E-state index in [0.29, 0.717) is 38.5 Å². The summed E-state index contributed by atoms with van der Waals surface area (Å²) in [6.07, 6.45) is 0.229.